The number of methoxy groups -OCH3 is 2. The minimum absolute atomic E-state index is 0.0195. The van der Waals surface area contributed by atoms with E-state index in [4.69, 9.17) is 31.9 Å². The van der Waals surface area contributed by atoms with Crippen LogP contribution in [0.25, 0.3) is 0 Å². The minimum Gasteiger partial charge on any atom is -0.497 e. The fourth-order valence-electron chi connectivity index (χ4n) is 8.34. The number of ether oxygens (including phenoxy) is 3. The number of esters is 1. The van der Waals surface area contributed by atoms with Crippen LogP contribution in [0.5, 0.6) is 5.75 Å². The third-order valence-electron chi connectivity index (χ3n) is 17.9. The Morgan fingerprint density at radius 1 is 0.553 bits per heavy atom. The van der Waals surface area contributed by atoms with Gasteiger partial charge < -0.3 is 31.9 Å². The molecular weight excluding hydrogens is 1010 g/mol. The Labute approximate surface area is 473 Å². The molecule has 0 aliphatic heterocycles. The number of rotatable bonds is 32. The standard InChI is InChI=1S/C64H118O8Si4/c1-29-30-35-50(4)60(68-47-53-41-44-54(66-19)45-42-53)52(6)56(70-74(23,24)62(10,11)12)38-33-31-37-49(3)59(72-76(27,28)64(16,17)18)51(5)40-43-55(69-73(21,22)61(7,8)9)46-57(71-75(25,26)63(13,14)15)48(2)36-32-34-39-58(65)67-20/h29-30,32,34-36,39-45,48-52,55-57,59-60H,1,31,33,37-38,46-47H2,2-28H3/b35-30-,36-32+,39-34-,43-40-/t48-,49+,50+,51+,52+,55-,56-,57+,59-,60+/m1/s1. The first-order chi connectivity index (χ1) is 34.6. The van der Waals surface area contributed by atoms with Gasteiger partial charge in [-0.2, -0.15) is 0 Å². The lowest BCUT2D eigenvalue weighted by Crippen LogP contribution is -2.48. The Hall–Kier alpha value is -2.14. The summed E-state index contributed by atoms with van der Waals surface area (Å²) in [6, 6.07) is 8.19. The van der Waals surface area contributed by atoms with E-state index in [1.54, 1.807) is 13.2 Å². The topological polar surface area (TPSA) is 81.7 Å². The van der Waals surface area contributed by atoms with Crippen molar-refractivity contribution < 1.29 is 36.7 Å². The van der Waals surface area contributed by atoms with Gasteiger partial charge >= 0.3 is 5.97 Å². The first-order valence-corrected chi connectivity index (χ1v) is 40.6. The molecule has 0 N–H and O–H groups in total. The minimum atomic E-state index is -2.23. The highest BCUT2D eigenvalue weighted by atomic mass is 28.4. The number of carbonyl (C=O) groups is 1. The molecule has 12 heteroatoms. The number of allylic oxidation sites excluding steroid dienone is 4. The Balaban J connectivity index is 3.76. The van der Waals surface area contributed by atoms with Gasteiger partial charge in [-0.05, 0) is 121 Å². The summed E-state index contributed by atoms with van der Waals surface area (Å²) in [5.41, 5.74) is 1.12. The van der Waals surface area contributed by atoms with Crippen molar-refractivity contribution in [2.75, 3.05) is 14.2 Å². The van der Waals surface area contributed by atoms with Crippen LogP contribution in [-0.4, -0.2) is 84.0 Å². The lowest BCUT2D eigenvalue weighted by molar-refractivity contribution is -0.134. The van der Waals surface area contributed by atoms with Crippen LogP contribution in [0.2, 0.25) is 72.5 Å². The van der Waals surface area contributed by atoms with Gasteiger partial charge in [-0.15, -0.1) is 0 Å². The molecule has 8 nitrogen and oxygen atoms in total. The average Bonchev–Trinajstić information content (AvgIpc) is 3.29. The van der Waals surface area contributed by atoms with Crippen LogP contribution in [0.4, 0.5) is 0 Å². The van der Waals surface area contributed by atoms with Crippen molar-refractivity contribution in [2.24, 2.45) is 29.6 Å². The van der Waals surface area contributed by atoms with Crippen molar-refractivity contribution in [2.45, 2.75) is 259 Å². The Kier molecular flexibility index (Phi) is 28.9. The third kappa shape index (κ3) is 23.5. The first-order valence-electron chi connectivity index (χ1n) is 28.9. The van der Waals surface area contributed by atoms with E-state index in [1.807, 2.05) is 30.4 Å². The highest BCUT2D eigenvalue weighted by Crippen LogP contribution is 2.44. The number of benzene rings is 1. The second-order valence-electron chi connectivity index (χ2n) is 28.4. The highest BCUT2D eigenvalue weighted by Gasteiger charge is 2.45. The average molecular weight is 1130 g/mol. The van der Waals surface area contributed by atoms with E-state index in [9.17, 15) is 4.79 Å². The van der Waals surface area contributed by atoms with E-state index in [0.717, 1.165) is 37.0 Å². The van der Waals surface area contributed by atoms with Gasteiger partial charge in [0, 0.05) is 24.3 Å². The molecule has 0 spiro atoms. The van der Waals surface area contributed by atoms with E-state index in [1.165, 1.54) is 13.2 Å². The smallest absolute Gasteiger partial charge is 0.330 e. The summed E-state index contributed by atoms with van der Waals surface area (Å²) in [5, 5.41) is 0.169. The Morgan fingerprint density at radius 2 is 1.01 bits per heavy atom. The molecule has 0 radical (unpaired) electrons. The molecule has 0 bridgehead atoms. The predicted molar refractivity (Wildman–Crippen MR) is 338 cm³/mol. The number of carbonyl (C=O) groups excluding carboxylic acids is 1. The quantitative estimate of drug-likeness (QED) is 0.0176. The molecule has 0 amide bonds. The largest absolute Gasteiger partial charge is 0.497 e. The second kappa shape index (κ2) is 30.6. The van der Waals surface area contributed by atoms with Crippen LogP contribution in [0.15, 0.2) is 85.5 Å². The first kappa shape index (κ1) is 71.9. The molecule has 0 saturated heterocycles. The van der Waals surface area contributed by atoms with Crippen LogP contribution in [-0.2, 0) is 38.6 Å². The summed E-state index contributed by atoms with van der Waals surface area (Å²) in [5.74, 6) is 1.28. The van der Waals surface area contributed by atoms with Crippen LogP contribution >= 0.6 is 0 Å². The van der Waals surface area contributed by atoms with E-state index in [0.29, 0.717) is 18.9 Å². The van der Waals surface area contributed by atoms with Gasteiger partial charge in [0.25, 0.3) is 0 Å². The number of hydrogen-bond acceptors (Lipinski definition) is 8. The summed E-state index contributed by atoms with van der Waals surface area (Å²) in [6.07, 6.45) is 22.8. The third-order valence-corrected chi connectivity index (χ3v) is 35.9. The Morgan fingerprint density at radius 3 is 1.50 bits per heavy atom. The monoisotopic (exact) mass is 1130 g/mol. The molecule has 0 saturated carbocycles. The van der Waals surface area contributed by atoms with E-state index < -0.39 is 33.3 Å². The molecule has 0 aromatic heterocycles. The maximum atomic E-state index is 11.9. The molecule has 438 valence electrons. The molecule has 0 aliphatic rings. The van der Waals surface area contributed by atoms with Crippen molar-refractivity contribution in [3.8, 4) is 5.75 Å². The normalized spacial score (nSPS) is 18.1. The predicted octanol–water partition coefficient (Wildman–Crippen LogP) is 18.9. The van der Waals surface area contributed by atoms with Crippen molar-refractivity contribution >= 4 is 39.2 Å². The van der Waals surface area contributed by atoms with Crippen molar-refractivity contribution in [3.63, 3.8) is 0 Å². The molecule has 0 aliphatic carbocycles. The van der Waals surface area contributed by atoms with Crippen molar-refractivity contribution in [1.82, 2.24) is 0 Å². The summed E-state index contributed by atoms with van der Waals surface area (Å²) >= 11 is 0. The maximum Gasteiger partial charge on any atom is 0.330 e. The lowest BCUT2D eigenvalue weighted by Gasteiger charge is -2.44. The van der Waals surface area contributed by atoms with Crippen LogP contribution in [0.1, 0.15) is 155 Å². The SMILES string of the molecule is C=C/C=C\[C@H](C)[C@H](OCc1ccc(OC)cc1)[C@@H](C)[C@@H](CCCC[C@H](C)[C@@H](O[Si](C)(C)C(C)(C)C)[C@@H](C)/C=C\[C@H](C[C@H](O[Si](C)(C)C(C)(C)C)[C@H](C)/C=C/C=C\C(=O)OC)O[Si](C)(C)C(C)(C)C)O[Si](C)(C)C(C)(C)C. The van der Waals surface area contributed by atoms with Crippen LogP contribution in [0, 0.1) is 29.6 Å². The van der Waals surface area contributed by atoms with Gasteiger partial charge in [0.05, 0.1) is 51.3 Å². The molecule has 1 rings (SSSR count). The molecule has 0 fully saturated rings. The second-order valence-corrected chi connectivity index (χ2v) is 47.4. The van der Waals surface area contributed by atoms with Gasteiger partial charge in [0.1, 0.15) is 5.75 Å². The molecule has 1 aromatic carbocycles. The zero-order chi connectivity index (χ0) is 58.9. The van der Waals surface area contributed by atoms with Crippen molar-refractivity contribution in [1.29, 1.82) is 0 Å². The highest BCUT2D eigenvalue weighted by molar-refractivity contribution is 6.75. The molecule has 76 heavy (non-hydrogen) atoms. The van der Waals surface area contributed by atoms with Gasteiger partial charge in [-0.3, -0.25) is 0 Å². The summed E-state index contributed by atoms with van der Waals surface area (Å²) in [7, 11) is -5.67. The molecular formula is C64H118O8Si4. The molecule has 10 atom stereocenters. The zero-order valence-corrected chi connectivity index (χ0v) is 58.0. The number of hydrogen-bond donors (Lipinski definition) is 0. The summed E-state index contributed by atoms with van der Waals surface area (Å²) in [4.78, 5) is 11.9. The Bertz CT molecular complexity index is 1980. The van der Waals surface area contributed by atoms with E-state index >= 15 is 0 Å². The molecule has 0 heterocycles. The summed E-state index contributed by atoms with van der Waals surface area (Å²) in [6.45, 7) is 62.9. The van der Waals surface area contributed by atoms with E-state index in [2.05, 4.69) is 213 Å². The van der Waals surface area contributed by atoms with Crippen LogP contribution in [0.3, 0.4) is 0 Å². The summed E-state index contributed by atoms with van der Waals surface area (Å²) < 4.78 is 46.9. The van der Waals surface area contributed by atoms with Gasteiger partial charge in [0.2, 0.25) is 0 Å². The van der Waals surface area contributed by atoms with Gasteiger partial charge in [-0.1, -0.05) is 198 Å². The lowest BCUT2D eigenvalue weighted by atomic mass is 9.85. The molecule has 1 aromatic rings. The van der Waals surface area contributed by atoms with E-state index in [-0.39, 0.29) is 80.3 Å². The van der Waals surface area contributed by atoms with Crippen LogP contribution < -0.4 is 4.74 Å². The zero-order valence-electron chi connectivity index (χ0n) is 54.0. The van der Waals surface area contributed by atoms with Gasteiger partial charge in [0.15, 0.2) is 33.3 Å². The fraction of sp³-hybridized carbons (Fsp3) is 0.734. The maximum absolute atomic E-state index is 11.9. The fourth-order valence-corrected chi connectivity index (χ4v) is 14.0. The van der Waals surface area contributed by atoms with Gasteiger partial charge in [-0.25, -0.2) is 4.79 Å². The number of unbranched alkanes of at least 4 members (excludes halogenated alkanes) is 1. The van der Waals surface area contributed by atoms with Crippen molar-refractivity contribution in [3.05, 3.63) is 91.1 Å². The molecule has 0 unspecified atom stereocenters.